The monoisotopic (exact) mass is 369 g/mol. The molecule has 1 aromatic carbocycles. The lowest BCUT2D eigenvalue weighted by Gasteiger charge is -2.15. The van der Waals surface area contributed by atoms with Gasteiger partial charge in [-0.25, -0.2) is 4.79 Å². The Labute approximate surface area is 125 Å². The number of benzene rings is 1. The molecule has 0 heterocycles. The van der Waals surface area contributed by atoms with E-state index in [-0.39, 0.29) is 16.5 Å². The molecule has 0 saturated carbocycles. The highest BCUT2D eigenvalue weighted by Gasteiger charge is 2.32. The molecule has 116 valence electrons. The van der Waals surface area contributed by atoms with E-state index in [1.165, 1.54) is 0 Å². The van der Waals surface area contributed by atoms with Gasteiger partial charge in [-0.2, -0.15) is 13.2 Å². The van der Waals surface area contributed by atoms with Crippen molar-refractivity contribution in [3.05, 3.63) is 33.8 Å². The van der Waals surface area contributed by atoms with Gasteiger partial charge in [0.25, 0.3) is 5.91 Å². The van der Waals surface area contributed by atoms with Gasteiger partial charge in [0.05, 0.1) is 11.1 Å². The van der Waals surface area contributed by atoms with E-state index >= 15 is 0 Å². The van der Waals surface area contributed by atoms with Crippen molar-refractivity contribution in [1.82, 2.24) is 5.32 Å². The summed E-state index contributed by atoms with van der Waals surface area (Å²) in [4.78, 5) is 22.7. The Morgan fingerprint density at radius 2 is 1.95 bits per heavy atom. The first-order chi connectivity index (χ1) is 9.66. The molecule has 9 heteroatoms. The quantitative estimate of drug-likeness (QED) is 0.741. The molecule has 1 aromatic rings. The normalized spacial score (nSPS) is 12.8. The van der Waals surface area contributed by atoms with Crippen molar-refractivity contribution < 1.29 is 33.0 Å². The average Bonchev–Trinajstić information content (AvgIpc) is 2.36. The molecule has 1 atom stereocenters. The number of carboxylic acids is 1. The van der Waals surface area contributed by atoms with Crippen molar-refractivity contribution in [3.8, 4) is 0 Å². The molecule has 0 aliphatic rings. The number of aliphatic carboxylic acids is 1. The fourth-order valence-corrected chi connectivity index (χ4v) is 1.92. The summed E-state index contributed by atoms with van der Waals surface area (Å²) in [5.74, 6) is -2.37. The third kappa shape index (κ3) is 4.71. The molecule has 1 rings (SSSR count). The zero-order valence-corrected chi connectivity index (χ0v) is 12.0. The van der Waals surface area contributed by atoms with Gasteiger partial charge in [0.2, 0.25) is 0 Å². The van der Waals surface area contributed by atoms with Gasteiger partial charge in [0.15, 0.2) is 0 Å². The number of hydrogen-bond donors (Lipinski definition) is 3. The van der Waals surface area contributed by atoms with Crippen LogP contribution in [0.15, 0.2) is 22.7 Å². The van der Waals surface area contributed by atoms with Gasteiger partial charge < -0.3 is 15.5 Å². The minimum Gasteiger partial charge on any atom is -0.480 e. The number of carbonyl (C=O) groups excluding carboxylic acids is 1. The molecule has 0 spiro atoms. The van der Waals surface area contributed by atoms with Gasteiger partial charge in [-0.15, -0.1) is 0 Å². The Morgan fingerprint density at radius 1 is 1.33 bits per heavy atom. The summed E-state index contributed by atoms with van der Waals surface area (Å²) in [6.07, 6.45) is -4.87. The molecule has 0 saturated heterocycles. The number of hydrogen-bond acceptors (Lipinski definition) is 3. The number of halogens is 4. The summed E-state index contributed by atoms with van der Waals surface area (Å²) in [5.41, 5.74) is -1.36. The Balaban J connectivity index is 3.04. The van der Waals surface area contributed by atoms with Crippen LogP contribution in [-0.2, 0) is 11.0 Å². The Morgan fingerprint density at radius 3 is 2.43 bits per heavy atom. The van der Waals surface area contributed by atoms with Crippen molar-refractivity contribution in [2.24, 2.45) is 0 Å². The molecule has 0 radical (unpaired) electrons. The van der Waals surface area contributed by atoms with Crippen LogP contribution in [0.2, 0.25) is 0 Å². The highest BCUT2D eigenvalue weighted by atomic mass is 79.9. The molecule has 5 nitrogen and oxygen atoms in total. The second kappa shape index (κ2) is 6.90. The molecule has 0 aliphatic heterocycles. The van der Waals surface area contributed by atoms with Crippen molar-refractivity contribution in [2.45, 2.75) is 18.6 Å². The van der Waals surface area contributed by atoms with Crippen LogP contribution in [0.5, 0.6) is 0 Å². The van der Waals surface area contributed by atoms with Crippen LogP contribution in [0.1, 0.15) is 22.3 Å². The zero-order chi connectivity index (χ0) is 16.2. The maximum atomic E-state index is 12.6. The van der Waals surface area contributed by atoms with Crippen molar-refractivity contribution in [1.29, 1.82) is 0 Å². The first-order valence-electron chi connectivity index (χ1n) is 5.68. The number of carbonyl (C=O) groups is 2. The lowest BCUT2D eigenvalue weighted by Crippen LogP contribution is -2.41. The van der Waals surface area contributed by atoms with Gasteiger partial charge in [-0.1, -0.05) is 0 Å². The molecular formula is C12H11BrF3NO4. The first-order valence-corrected chi connectivity index (χ1v) is 6.47. The topological polar surface area (TPSA) is 86.6 Å². The Kier molecular flexibility index (Phi) is 5.73. The SMILES string of the molecule is O=C(N[C@H](CCO)C(=O)O)c1cc(C(F)(F)F)ccc1Br. The van der Waals surface area contributed by atoms with Crippen LogP contribution in [0.3, 0.4) is 0 Å². The van der Waals surface area contributed by atoms with Crippen LogP contribution < -0.4 is 5.32 Å². The van der Waals surface area contributed by atoms with E-state index in [2.05, 4.69) is 21.2 Å². The van der Waals surface area contributed by atoms with Crippen molar-refractivity contribution in [3.63, 3.8) is 0 Å². The van der Waals surface area contributed by atoms with E-state index in [4.69, 9.17) is 10.2 Å². The van der Waals surface area contributed by atoms with E-state index in [9.17, 15) is 22.8 Å². The number of amides is 1. The van der Waals surface area contributed by atoms with E-state index < -0.39 is 36.3 Å². The molecule has 0 fully saturated rings. The smallest absolute Gasteiger partial charge is 0.416 e. The summed E-state index contributed by atoms with van der Waals surface area (Å²) in [6, 6.07) is 1.09. The summed E-state index contributed by atoms with van der Waals surface area (Å²) in [6.45, 7) is -0.485. The van der Waals surface area contributed by atoms with Crippen LogP contribution in [-0.4, -0.2) is 34.7 Å². The number of aliphatic hydroxyl groups excluding tert-OH is 1. The van der Waals surface area contributed by atoms with E-state index in [1.54, 1.807) is 0 Å². The number of carboxylic acid groups (broad SMARTS) is 1. The third-order valence-corrected chi connectivity index (χ3v) is 3.25. The molecule has 1 amide bonds. The fourth-order valence-electron chi connectivity index (χ4n) is 1.50. The van der Waals surface area contributed by atoms with Gasteiger partial charge in [0, 0.05) is 17.5 Å². The lowest BCUT2D eigenvalue weighted by atomic mass is 10.1. The predicted octanol–water partition coefficient (Wildman–Crippen LogP) is 2.03. The molecule has 21 heavy (non-hydrogen) atoms. The molecular weight excluding hydrogens is 359 g/mol. The van der Waals surface area contributed by atoms with Gasteiger partial charge in [0.1, 0.15) is 6.04 Å². The second-order valence-electron chi connectivity index (χ2n) is 4.07. The molecule has 0 aliphatic carbocycles. The van der Waals surface area contributed by atoms with E-state index in [1.807, 2.05) is 0 Å². The number of rotatable bonds is 5. The summed E-state index contributed by atoms with van der Waals surface area (Å²) < 4.78 is 37.9. The molecule has 3 N–H and O–H groups in total. The van der Waals surface area contributed by atoms with E-state index in [0.717, 1.165) is 12.1 Å². The lowest BCUT2D eigenvalue weighted by molar-refractivity contribution is -0.140. The standard InChI is InChI=1S/C12H11BrF3NO4/c13-8-2-1-6(12(14,15)16)5-7(8)10(19)17-9(3-4-18)11(20)21/h1-2,5,9,18H,3-4H2,(H,17,19)(H,20,21)/t9-/m1/s1. The fraction of sp³-hybridized carbons (Fsp3) is 0.333. The maximum Gasteiger partial charge on any atom is 0.416 e. The summed E-state index contributed by atoms with van der Waals surface area (Å²) in [7, 11) is 0. The first kappa shape index (κ1) is 17.4. The van der Waals surface area contributed by atoms with E-state index in [0.29, 0.717) is 6.07 Å². The zero-order valence-electron chi connectivity index (χ0n) is 10.4. The van der Waals surface area contributed by atoms with Gasteiger partial charge in [-0.3, -0.25) is 4.79 Å². The van der Waals surface area contributed by atoms with Crippen LogP contribution in [0.4, 0.5) is 13.2 Å². The minimum absolute atomic E-state index is 0.0983. The average molecular weight is 370 g/mol. The van der Waals surface area contributed by atoms with Crippen LogP contribution in [0.25, 0.3) is 0 Å². The van der Waals surface area contributed by atoms with Gasteiger partial charge >= 0.3 is 12.1 Å². The third-order valence-electron chi connectivity index (χ3n) is 2.56. The number of aliphatic hydroxyl groups is 1. The minimum atomic E-state index is -4.62. The number of nitrogens with one attached hydrogen (secondary N) is 1. The highest BCUT2D eigenvalue weighted by molar-refractivity contribution is 9.10. The van der Waals surface area contributed by atoms with Crippen molar-refractivity contribution in [2.75, 3.05) is 6.61 Å². The predicted molar refractivity (Wildman–Crippen MR) is 69.7 cm³/mol. The highest BCUT2D eigenvalue weighted by Crippen LogP contribution is 2.31. The second-order valence-corrected chi connectivity index (χ2v) is 4.92. The largest absolute Gasteiger partial charge is 0.480 e. The summed E-state index contributed by atoms with van der Waals surface area (Å²) >= 11 is 2.94. The maximum absolute atomic E-state index is 12.6. The van der Waals surface area contributed by atoms with Gasteiger partial charge in [-0.05, 0) is 34.1 Å². The van der Waals surface area contributed by atoms with Crippen molar-refractivity contribution >= 4 is 27.8 Å². The molecule has 0 unspecified atom stereocenters. The molecule has 0 bridgehead atoms. The van der Waals surface area contributed by atoms with Crippen LogP contribution >= 0.6 is 15.9 Å². The molecule has 0 aromatic heterocycles. The summed E-state index contributed by atoms with van der Waals surface area (Å²) in [5, 5.41) is 19.6. The van der Waals surface area contributed by atoms with Crippen LogP contribution in [0, 0.1) is 0 Å². The number of alkyl halides is 3. The Bertz CT molecular complexity index is 548. The Hall–Kier alpha value is -1.61.